The van der Waals surface area contributed by atoms with Gasteiger partial charge in [0.15, 0.2) is 4.90 Å². The molecule has 1 fully saturated rings. The second kappa shape index (κ2) is 10.1. The quantitative estimate of drug-likeness (QED) is 0.174. The van der Waals surface area contributed by atoms with Crippen LogP contribution in [0.3, 0.4) is 0 Å². The van der Waals surface area contributed by atoms with Gasteiger partial charge in [0.05, 0.1) is 29.3 Å². The predicted molar refractivity (Wildman–Crippen MR) is 201 cm³/mol. The van der Waals surface area contributed by atoms with Gasteiger partial charge in [0.2, 0.25) is 0 Å². The van der Waals surface area contributed by atoms with Crippen molar-refractivity contribution in [1.82, 2.24) is 0 Å². The molecule has 254 valence electrons. The van der Waals surface area contributed by atoms with Crippen LogP contribution in [-0.4, -0.2) is 0 Å². The molecule has 3 atom stereocenters. The molecule has 0 bridgehead atoms. The third kappa shape index (κ3) is 3.66. The molecule has 0 amide bonds. The van der Waals surface area contributed by atoms with Gasteiger partial charge in [-0.2, -0.15) is 0 Å². The van der Waals surface area contributed by atoms with Crippen LogP contribution < -0.4 is 9.80 Å². The van der Waals surface area contributed by atoms with Gasteiger partial charge in [-0.25, -0.2) is 0 Å². The van der Waals surface area contributed by atoms with E-state index in [0.29, 0.717) is 11.8 Å². The summed E-state index contributed by atoms with van der Waals surface area (Å²) in [6.45, 7) is 21.0. The standard InChI is InChI=1S/C23H27NO2.C20H21NOS/c1-13-9-8-10-16-18(13)24-14(2)17-15-11-12-25-20(15)26-19(17)23(24,7)22(5,6)21(16,3)4;1-13-7-3-4-8-16(13)21-14(2)17-15-9-12-23-19(15)22-18(17)20(21)10-5-6-11-20/h8-12,14H,1-7H3;3-4,7-9,12,14H,5-6,10-11H2,1-2H3. The lowest BCUT2D eigenvalue weighted by Gasteiger charge is -2.61. The highest BCUT2D eigenvalue weighted by Crippen LogP contribution is 2.68. The maximum Gasteiger partial charge on any atom is 0.297 e. The summed E-state index contributed by atoms with van der Waals surface area (Å²) in [6.07, 6.45) is 6.74. The topological polar surface area (TPSA) is 45.9 Å². The van der Waals surface area contributed by atoms with Crippen molar-refractivity contribution in [2.75, 3.05) is 9.80 Å². The SMILES string of the molecule is Cc1cccc2c1N1C(C)c3c(oc4occc34)C1(C)C(C)(C)C2(C)C.Cc1ccccc1N1C(C)c2c(oc3sccc23)C12CCCC2. The normalized spacial score (nSPS) is 25.4. The molecule has 5 nitrogen and oxygen atoms in total. The zero-order valence-electron chi connectivity index (χ0n) is 30.4. The van der Waals surface area contributed by atoms with E-state index in [-0.39, 0.29) is 27.9 Å². The number of para-hydroxylation sites is 2. The van der Waals surface area contributed by atoms with Gasteiger partial charge in [-0.3, -0.25) is 0 Å². The first-order valence-corrected chi connectivity index (χ1v) is 19.0. The minimum atomic E-state index is -0.244. The Labute approximate surface area is 293 Å². The van der Waals surface area contributed by atoms with Gasteiger partial charge in [-0.1, -0.05) is 76.9 Å². The third-order valence-corrected chi connectivity index (χ3v) is 14.7. The van der Waals surface area contributed by atoms with Gasteiger partial charge in [-0.05, 0) is 93.1 Å². The van der Waals surface area contributed by atoms with E-state index >= 15 is 0 Å². The average molecular weight is 673 g/mol. The fraction of sp³-hybridized carbons (Fsp3) is 0.442. The minimum absolute atomic E-state index is 0.00510. The molecule has 0 N–H and O–H groups in total. The van der Waals surface area contributed by atoms with Gasteiger partial charge >= 0.3 is 0 Å². The summed E-state index contributed by atoms with van der Waals surface area (Å²) in [4.78, 5) is 6.39. The highest BCUT2D eigenvalue weighted by Gasteiger charge is 2.66. The largest absolute Gasteiger partial charge is 0.447 e. The Morgan fingerprint density at radius 3 is 2.18 bits per heavy atom. The van der Waals surface area contributed by atoms with Crippen LogP contribution in [0, 0.1) is 19.3 Å². The monoisotopic (exact) mass is 672 g/mol. The molecule has 3 aliphatic heterocycles. The molecule has 1 aliphatic carbocycles. The summed E-state index contributed by atoms with van der Waals surface area (Å²) in [5.41, 5.74) is 9.36. The van der Waals surface area contributed by atoms with Gasteiger partial charge in [0.1, 0.15) is 17.1 Å². The van der Waals surface area contributed by atoms with E-state index in [9.17, 15) is 0 Å². The van der Waals surface area contributed by atoms with Crippen molar-refractivity contribution >= 4 is 44.2 Å². The summed E-state index contributed by atoms with van der Waals surface area (Å²) in [7, 11) is 0. The lowest BCUT2D eigenvalue weighted by Crippen LogP contribution is -2.62. The van der Waals surface area contributed by atoms with Crippen molar-refractivity contribution in [3.63, 3.8) is 0 Å². The Kier molecular flexibility index (Phi) is 6.41. The van der Waals surface area contributed by atoms with Crippen molar-refractivity contribution in [2.45, 2.75) is 117 Å². The number of benzene rings is 2. The van der Waals surface area contributed by atoms with E-state index in [4.69, 9.17) is 13.3 Å². The van der Waals surface area contributed by atoms with E-state index in [0.717, 1.165) is 16.0 Å². The lowest BCUT2D eigenvalue weighted by molar-refractivity contribution is 0.0513. The molecule has 6 aromatic rings. The number of nitrogens with zero attached hydrogens (tertiary/aromatic N) is 2. The van der Waals surface area contributed by atoms with Gasteiger partial charge in [-0.15, -0.1) is 11.3 Å². The maximum atomic E-state index is 6.43. The summed E-state index contributed by atoms with van der Waals surface area (Å²) in [5, 5.41) is 4.60. The number of anilines is 2. The maximum absolute atomic E-state index is 6.43. The van der Waals surface area contributed by atoms with Crippen LogP contribution in [0.2, 0.25) is 0 Å². The summed E-state index contributed by atoms with van der Waals surface area (Å²) >= 11 is 1.73. The van der Waals surface area contributed by atoms with Gasteiger partial charge in [0.25, 0.3) is 5.78 Å². The molecule has 0 radical (unpaired) electrons. The molecular weight excluding hydrogens is 625 g/mol. The van der Waals surface area contributed by atoms with E-state index in [2.05, 4.69) is 126 Å². The van der Waals surface area contributed by atoms with Crippen LogP contribution in [-0.2, 0) is 16.5 Å². The zero-order chi connectivity index (χ0) is 34.2. The number of rotatable bonds is 1. The second-order valence-corrected chi connectivity index (χ2v) is 17.2. The van der Waals surface area contributed by atoms with Crippen LogP contribution in [0.25, 0.3) is 21.4 Å². The lowest BCUT2D eigenvalue weighted by atomic mass is 9.52. The van der Waals surface area contributed by atoms with Crippen molar-refractivity contribution in [2.24, 2.45) is 5.41 Å². The van der Waals surface area contributed by atoms with Crippen molar-refractivity contribution in [3.05, 3.63) is 106 Å². The van der Waals surface area contributed by atoms with Crippen molar-refractivity contribution < 1.29 is 13.3 Å². The highest BCUT2D eigenvalue weighted by atomic mass is 32.1. The first kappa shape index (κ1) is 31.1. The van der Waals surface area contributed by atoms with Crippen LogP contribution in [0.5, 0.6) is 0 Å². The van der Waals surface area contributed by atoms with Crippen molar-refractivity contribution in [1.29, 1.82) is 0 Å². The number of furan rings is 3. The Bertz CT molecular complexity index is 2250. The molecular formula is C43H48N2O3S. The summed E-state index contributed by atoms with van der Waals surface area (Å²) in [6, 6.07) is 20.4. The number of hydrogen-bond donors (Lipinski definition) is 0. The van der Waals surface area contributed by atoms with Crippen LogP contribution in [0.4, 0.5) is 11.4 Å². The first-order chi connectivity index (χ1) is 23.4. The van der Waals surface area contributed by atoms with Crippen LogP contribution in [0.1, 0.15) is 126 Å². The smallest absolute Gasteiger partial charge is 0.297 e. The van der Waals surface area contributed by atoms with Crippen molar-refractivity contribution in [3.8, 4) is 0 Å². The molecule has 2 aromatic carbocycles. The Balaban J connectivity index is 0.000000134. The number of fused-ring (bicyclic) bond motifs is 11. The molecule has 49 heavy (non-hydrogen) atoms. The predicted octanol–water partition coefficient (Wildman–Crippen LogP) is 12.6. The molecule has 0 saturated heterocycles. The Hall–Kier alpha value is -3.90. The molecule has 1 spiro atoms. The molecule has 4 aromatic heterocycles. The molecule has 1 saturated carbocycles. The molecule has 6 heteroatoms. The van der Waals surface area contributed by atoms with Crippen LogP contribution in [0.15, 0.2) is 79.5 Å². The number of hydrogen-bond acceptors (Lipinski definition) is 6. The molecule has 10 rings (SSSR count). The minimum Gasteiger partial charge on any atom is -0.447 e. The van der Waals surface area contributed by atoms with E-state index in [1.165, 1.54) is 76.0 Å². The Morgan fingerprint density at radius 2 is 1.43 bits per heavy atom. The van der Waals surface area contributed by atoms with E-state index < -0.39 is 0 Å². The third-order valence-electron chi connectivity index (χ3n) is 13.9. The van der Waals surface area contributed by atoms with E-state index in [1.807, 2.05) is 6.07 Å². The zero-order valence-corrected chi connectivity index (χ0v) is 31.2. The average Bonchev–Trinajstić information content (AvgIpc) is 3.90. The fourth-order valence-corrected chi connectivity index (χ4v) is 11.4. The first-order valence-electron chi connectivity index (χ1n) is 18.1. The number of thiophene rings is 1. The second-order valence-electron chi connectivity index (χ2n) is 16.3. The molecule has 7 heterocycles. The van der Waals surface area contributed by atoms with Crippen LogP contribution >= 0.6 is 11.3 Å². The Morgan fingerprint density at radius 1 is 0.735 bits per heavy atom. The van der Waals surface area contributed by atoms with E-state index in [1.54, 1.807) is 17.6 Å². The number of aryl methyl sites for hydroxylation is 2. The summed E-state index contributed by atoms with van der Waals surface area (Å²) < 4.78 is 18.4. The highest BCUT2D eigenvalue weighted by molar-refractivity contribution is 7.16. The van der Waals surface area contributed by atoms with Gasteiger partial charge < -0.3 is 23.1 Å². The molecule has 3 unspecified atom stereocenters. The summed E-state index contributed by atoms with van der Waals surface area (Å²) in [5.74, 6) is 2.99. The fourth-order valence-electron chi connectivity index (χ4n) is 10.6. The molecule has 4 aliphatic rings. The van der Waals surface area contributed by atoms with Gasteiger partial charge in [0, 0.05) is 33.3 Å².